The molecule has 0 unspecified atom stereocenters. The number of hydrogen-bond donors (Lipinski definition) is 2. The van der Waals surface area contributed by atoms with Crippen molar-refractivity contribution in [3.05, 3.63) is 46.2 Å². The van der Waals surface area contributed by atoms with Gasteiger partial charge in [-0.15, -0.1) is 0 Å². The summed E-state index contributed by atoms with van der Waals surface area (Å²) in [5.74, 6) is -0.261. The van der Waals surface area contributed by atoms with Crippen LogP contribution in [0.4, 0.5) is 0 Å². The summed E-state index contributed by atoms with van der Waals surface area (Å²) in [7, 11) is 0. The van der Waals surface area contributed by atoms with E-state index < -0.39 is 0 Å². The summed E-state index contributed by atoms with van der Waals surface area (Å²) in [6.45, 7) is 0.568. The van der Waals surface area contributed by atoms with Gasteiger partial charge in [-0.05, 0) is 37.1 Å². The van der Waals surface area contributed by atoms with E-state index in [0.717, 1.165) is 12.8 Å². The smallest absolute Gasteiger partial charge is 0.271 e. The number of aromatic nitrogens is 2. The number of aliphatic hydroxyl groups excluding tert-OH is 1. The fourth-order valence-electron chi connectivity index (χ4n) is 2.17. The van der Waals surface area contributed by atoms with Gasteiger partial charge >= 0.3 is 0 Å². The molecule has 116 valence electrons. The molecule has 3 rings (SSSR count). The number of hydrogen-bond acceptors (Lipinski definition) is 3. The Morgan fingerprint density at radius 1 is 1.36 bits per heavy atom. The molecule has 7 heteroatoms. The molecule has 1 aromatic heterocycles. The normalized spacial score (nSPS) is 15.6. The Bertz CT molecular complexity index is 711. The zero-order chi connectivity index (χ0) is 15.7. The van der Waals surface area contributed by atoms with Gasteiger partial charge in [0.2, 0.25) is 0 Å². The summed E-state index contributed by atoms with van der Waals surface area (Å²) in [4.78, 5) is 12.1. The van der Waals surface area contributed by atoms with E-state index >= 15 is 0 Å². The Kier molecular flexibility index (Phi) is 4.12. The Morgan fingerprint density at radius 3 is 2.77 bits per heavy atom. The highest BCUT2D eigenvalue weighted by Gasteiger charge is 2.42. The van der Waals surface area contributed by atoms with Crippen LogP contribution in [-0.2, 0) is 0 Å². The predicted octanol–water partition coefficient (Wildman–Crippen LogP) is 2.68. The molecular formula is C15H15Cl2N3O2. The van der Waals surface area contributed by atoms with Gasteiger partial charge in [0.15, 0.2) is 5.69 Å². The highest BCUT2D eigenvalue weighted by molar-refractivity contribution is 6.35. The summed E-state index contributed by atoms with van der Waals surface area (Å²) in [5.41, 5.74) is 0.830. The minimum Gasteiger partial charge on any atom is -0.396 e. The van der Waals surface area contributed by atoms with Crippen LogP contribution < -0.4 is 5.32 Å². The predicted molar refractivity (Wildman–Crippen MR) is 84.7 cm³/mol. The van der Waals surface area contributed by atoms with E-state index in [2.05, 4.69) is 10.4 Å². The molecule has 1 fully saturated rings. The lowest BCUT2D eigenvalue weighted by Gasteiger charge is -2.11. The van der Waals surface area contributed by atoms with Crippen molar-refractivity contribution >= 4 is 29.1 Å². The minimum atomic E-state index is -0.261. The van der Waals surface area contributed by atoms with Crippen molar-refractivity contribution in [2.75, 3.05) is 13.2 Å². The summed E-state index contributed by atoms with van der Waals surface area (Å²) in [5, 5.41) is 17.3. The number of nitrogens with one attached hydrogen (secondary N) is 1. The van der Waals surface area contributed by atoms with E-state index in [1.54, 1.807) is 30.5 Å². The molecule has 2 aromatic rings. The van der Waals surface area contributed by atoms with Gasteiger partial charge in [-0.1, -0.05) is 23.2 Å². The maximum Gasteiger partial charge on any atom is 0.271 e. The summed E-state index contributed by atoms with van der Waals surface area (Å²) >= 11 is 12.0. The number of benzene rings is 1. The maximum atomic E-state index is 12.1. The molecule has 0 spiro atoms. The molecule has 1 aliphatic carbocycles. The van der Waals surface area contributed by atoms with Crippen molar-refractivity contribution in [2.24, 2.45) is 5.41 Å². The first-order chi connectivity index (χ1) is 10.5. The summed E-state index contributed by atoms with van der Waals surface area (Å²) in [6.07, 6.45) is 3.56. The van der Waals surface area contributed by atoms with Gasteiger partial charge in [-0.3, -0.25) is 4.79 Å². The Hall–Kier alpha value is -1.56. The fourth-order valence-corrected chi connectivity index (χ4v) is 2.67. The first-order valence-corrected chi connectivity index (χ1v) is 7.69. The molecule has 1 saturated carbocycles. The van der Waals surface area contributed by atoms with E-state index in [0.29, 0.717) is 28.0 Å². The SMILES string of the molecule is O=C(NCC1(CO)CC1)c1ccn(-c2ccc(Cl)cc2Cl)n1. The van der Waals surface area contributed by atoms with Crippen LogP contribution in [0.25, 0.3) is 5.69 Å². The van der Waals surface area contributed by atoms with Crippen molar-refractivity contribution < 1.29 is 9.90 Å². The summed E-state index contributed by atoms with van der Waals surface area (Å²) in [6, 6.07) is 6.70. The van der Waals surface area contributed by atoms with Crippen molar-refractivity contribution in [2.45, 2.75) is 12.8 Å². The number of amides is 1. The third kappa shape index (κ3) is 3.11. The van der Waals surface area contributed by atoms with Crippen LogP contribution in [-0.4, -0.2) is 33.9 Å². The van der Waals surface area contributed by atoms with E-state index in [1.165, 1.54) is 4.68 Å². The molecule has 1 aliphatic rings. The van der Waals surface area contributed by atoms with Gasteiger partial charge in [0.1, 0.15) is 0 Å². The van der Waals surface area contributed by atoms with Gasteiger partial charge in [0.05, 0.1) is 17.3 Å². The summed E-state index contributed by atoms with van der Waals surface area (Å²) < 4.78 is 1.53. The average molecular weight is 340 g/mol. The van der Waals surface area contributed by atoms with Gasteiger partial charge in [0.25, 0.3) is 5.91 Å². The Morgan fingerprint density at radius 2 is 2.14 bits per heavy atom. The highest BCUT2D eigenvalue weighted by atomic mass is 35.5. The van der Waals surface area contributed by atoms with Crippen LogP contribution >= 0.6 is 23.2 Å². The molecule has 1 amide bonds. The number of nitrogens with zero attached hydrogens (tertiary/aromatic N) is 2. The van der Waals surface area contributed by atoms with Crippen LogP contribution in [0.1, 0.15) is 23.3 Å². The monoisotopic (exact) mass is 339 g/mol. The van der Waals surface area contributed by atoms with Crippen molar-refractivity contribution in [1.82, 2.24) is 15.1 Å². The second-order valence-corrected chi connectivity index (χ2v) is 6.43. The number of halogens is 2. The Balaban J connectivity index is 1.71. The molecule has 0 atom stereocenters. The third-order valence-electron chi connectivity index (χ3n) is 3.89. The van der Waals surface area contributed by atoms with E-state index in [4.69, 9.17) is 23.2 Å². The zero-order valence-electron chi connectivity index (χ0n) is 11.7. The molecule has 0 aliphatic heterocycles. The van der Waals surface area contributed by atoms with Gasteiger partial charge in [0, 0.05) is 23.2 Å². The van der Waals surface area contributed by atoms with Crippen LogP contribution in [0, 0.1) is 5.41 Å². The first kappa shape index (κ1) is 15.3. The molecule has 5 nitrogen and oxygen atoms in total. The minimum absolute atomic E-state index is 0.0993. The van der Waals surface area contributed by atoms with E-state index in [1.807, 2.05) is 0 Å². The number of aliphatic hydroxyl groups is 1. The number of carbonyl (C=O) groups excluding carboxylic acids is 1. The molecule has 0 saturated heterocycles. The topological polar surface area (TPSA) is 67.2 Å². The average Bonchev–Trinajstić information content (AvgIpc) is 3.12. The first-order valence-electron chi connectivity index (χ1n) is 6.93. The quantitative estimate of drug-likeness (QED) is 0.879. The Labute approximate surface area is 137 Å². The molecule has 0 radical (unpaired) electrons. The lowest BCUT2D eigenvalue weighted by atomic mass is 10.1. The van der Waals surface area contributed by atoms with E-state index in [-0.39, 0.29) is 17.9 Å². The standard InChI is InChI=1S/C15H15Cl2N3O2/c16-10-1-2-13(11(17)7-10)20-6-3-12(19-20)14(22)18-8-15(9-21)4-5-15/h1-3,6-7,21H,4-5,8-9H2,(H,18,22). The van der Waals surface area contributed by atoms with Crippen LogP contribution in [0.15, 0.2) is 30.5 Å². The van der Waals surface area contributed by atoms with Crippen LogP contribution in [0.3, 0.4) is 0 Å². The van der Waals surface area contributed by atoms with E-state index in [9.17, 15) is 9.90 Å². The van der Waals surface area contributed by atoms with Crippen molar-refractivity contribution in [3.8, 4) is 5.69 Å². The zero-order valence-corrected chi connectivity index (χ0v) is 13.2. The second kappa shape index (κ2) is 5.91. The van der Waals surface area contributed by atoms with Gasteiger partial charge in [-0.2, -0.15) is 5.10 Å². The maximum absolute atomic E-state index is 12.1. The molecular weight excluding hydrogens is 325 g/mol. The number of carbonyl (C=O) groups is 1. The molecule has 2 N–H and O–H groups in total. The molecule has 22 heavy (non-hydrogen) atoms. The van der Waals surface area contributed by atoms with Gasteiger partial charge < -0.3 is 10.4 Å². The fraction of sp³-hybridized carbons (Fsp3) is 0.333. The van der Waals surface area contributed by atoms with Crippen molar-refractivity contribution in [3.63, 3.8) is 0 Å². The lowest BCUT2D eigenvalue weighted by molar-refractivity contribution is 0.0930. The molecule has 1 heterocycles. The number of rotatable bonds is 5. The van der Waals surface area contributed by atoms with Crippen LogP contribution in [0.5, 0.6) is 0 Å². The van der Waals surface area contributed by atoms with Crippen molar-refractivity contribution in [1.29, 1.82) is 0 Å². The van der Waals surface area contributed by atoms with Crippen LogP contribution in [0.2, 0.25) is 10.0 Å². The highest BCUT2D eigenvalue weighted by Crippen LogP contribution is 2.44. The third-order valence-corrected chi connectivity index (χ3v) is 4.43. The van der Waals surface area contributed by atoms with Gasteiger partial charge in [-0.25, -0.2) is 4.68 Å². The lowest BCUT2D eigenvalue weighted by Crippen LogP contribution is -2.32. The molecule has 0 bridgehead atoms. The second-order valence-electron chi connectivity index (χ2n) is 5.58. The largest absolute Gasteiger partial charge is 0.396 e. The molecule has 1 aromatic carbocycles.